The Hall–Kier alpha value is -1.14. The van der Waals surface area contributed by atoms with Gasteiger partial charge < -0.3 is 21.9 Å². The number of aliphatic hydroxyl groups is 1. The Labute approximate surface area is 82.6 Å². The minimum atomic E-state index is -0.960. The number of hydrogen-bond acceptors (Lipinski definition) is 4. The van der Waals surface area contributed by atoms with Gasteiger partial charge in [0.05, 0.1) is 24.6 Å². The summed E-state index contributed by atoms with van der Waals surface area (Å²) in [6.07, 6.45) is -0.201. The minimum Gasteiger partial charge on any atom is -0.394 e. The number of primary amides is 1. The molecule has 2 amide bonds. The van der Waals surface area contributed by atoms with Crippen molar-refractivity contribution in [1.82, 2.24) is 5.32 Å². The van der Waals surface area contributed by atoms with E-state index in [4.69, 9.17) is 16.6 Å². The van der Waals surface area contributed by atoms with Crippen LogP contribution < -0.4 is 16.8 Å². The first-order valence-corrected chi connectivity index (χ1v) is 4.25. The predicted octanol–water partition coefficient (Wildman–Crippen LogP) is -1.92. The SMILES string of the molecule is CC(C)(CO)NC(=O)C(N)CC(N)=O. The van der Waals surface area contributed by atoms with Crippen LogP contribution in [-0.4, -0.2) is 35.1 Å². The highest BCUT2D eigenvalue weighted by Gasteiger charge is 2.23. The van der Waals surface area contributed by atoms with Crippen molar-refractivity contribution in [3.05, 3.63) is 0 Å². The fraction of sp³-hybridized carbons (Fsp3) is 0.750. The molecule has 0 spiro atoms. The number of amides is 2. The predicted molar refractivity (Wildman–Crippen MR) is 51.1 cm³/mol. The van der Waals surface area contributed by atoms with Crippen molar-refractivity contribution in [1.29, 1.82) is 0 Å². The third kappa shape index (κ3) is 4.78. The number of carbonyl (C=O) groups is 2. The number of aliphatic hydroxyl groups excluding tert-OH is 1. The Morgan fingerprint density at radius 2 is 2.00 bits per heavy atom. The van der Waals surface area contributed by atoms with Gasteiger partial charge in [-0.1, -0.05) is 0 Å². The Morgan fingerprint density at radius 1 is 1.50 bits per heavy atom. The number of hydrogen-bond donors (Lipinski definition) is 4. The van der Waals surface area contributed by atoms with Crippen molar-refractivity contribution < 1.29 is 14.7 Å². The van der Waals surface area contributed by atoms with Crippen LogP contribution in [0.1, 0.15) is 20.3 Å². The molecule has 6 nitrogen and oxygen atoms in total. The molecule has 14 heavy (non-hydrogen) atoms. The van der Waals surface area contributed by atoms with E-state index in [1.54, 1.807) is 13.8 Å². The smallest absolute Gasteiger partial charge is 0.237 e. The Kier molecular flexibility index (Phi) is 4.52. The highest BCUT2D eigenvalue weighted by molar-refractivity contribution is 5.87. The van der Waals surface area contributed by atoms with Gasteiger partial charge in [0.1, 0.15) is 0 Å². The van der Waals surface area contributed by atoms with E-state index < -0.39 is 23.4 Å². The van der Waals surface area contributed by atoms with Crippen molar-refractivity contribution >= 4 is 11.8 Å². The second kappa shape index (κ2) is 4.92. The molecule has 0 aromatic heterocycles. The third-order valence-electron chi connectivity index (χ3n) is 1.61. The van der Waals surface area contributed by atoms with Crippen LogP contribution in [-0.2, 0) is 9.59 Å². The van der Waals surface area contributed by atoms with E-state index in [1.165, 1.54) is 0 Å². The van der Waals surface area contributed by atoms with Crippen LogP contribution in [0.5, 0.6) is 0 Å². The Balaban J connectivity index is 4.14. The second-order valence-corrected chi connectivity index (χ2v) is 3.81. The highest BCUT2D eigenvalue weighted by Crippen LogP contribution is 2.00. The molecule has 1 atom stereocenters. The lowest BCUT2D eigenvalue weighted by Gasteiger charge is -2.25. The molecular weight excluding hydrogens is 186 g/mol. The maximum atomic E-state index is 11.3. The van der Waals surface area contributed by atoms with Crippen molar-refractivity contribution in [2.24, 2.45) is 11.5 Å². The first kappa shape index (κ1) is 12.9. The van der Waals surface area contributed by atoms with E-state index in [-0.39, 0.29) is 13.0 Å². The molecule has 82 valence electrons. The van der Waals surface area contributed by atoms with Crippen LogP contribution in [0.4, 0.5) is 0 Å². The molecule has 0 fully saturated rings. The lowest BCUT2D eigenvalue weighted by Crippen LogP contribution is -2.53. The summed E-state index contributed by atoms with van der Waals surface area (Å²) in [4.78, 5) is 21.8. The maximum Gasteiger partial charge on any atom is 0.237 e. The van der Waals surface area contributed by atoms with Crippen LogP contribution in [0.2, 0.25) is 0 Å². The average molecular weight is 203 g/mol. The van der Waals surface area contributed by atoms with Crippen molar-refractivity contribution in [3.8, 4) is 0 Å². The molecule has 1 unspecified atom stereocenters. The maximum absolute atomic E-state index is 11.3. The highest BCUT2D eigenvalue weighted by atomic mass is 16.3. The number of nitrogens with one attached hydrogen (secondary N) is 1. The van der Waals surface area contributed by atoms with Gasteiger partial charge in [-0.3, -0.25) is 9.59 Å². The largest absolute Gasteiger partial charge is 0.394 e. The van der Waals surface area contributed by atoms with E-state index in [0.29, 0.717) is 0 Å². The van der Waals surface area contributed by atoms with Gasteiger partial charge in [0, 0.05) is 0 Å². The molecule has 0 heterocycles. The molecule has 0 aliphatic carbocycles. The van der Waals surface area contributed by atoms with Crippen molar-refractivity contribution in [2.45, 2.75) is 31.8 Å². The molecule has 6 heteroatoms. The van der Waals surface area contributed by atoms with Gasteiger partial charge in [-0.25, -0.2) is 0 Å². The number of nitrogens with two attached hydrogens (primary N) is 2. The first-order valence-electron chi connectivity index (χ1n) is 4.25. The standard InChI is InChI=1S/C8H17N3O3/c1-8(2,4-12)11-7(14)5(9)3-6(10)13/h5,12H,3-4,9H2,1-2H3,(H2,10,13)(H,11,14). The minimum absolute atomic E-state index is 0.201. The van der Waals surface area contributed by atoms with Crippen molar-refractivity contribution in [3.63, 3.8) is 0 Å². The summed E-state index contributed by atoms with van der Waals surface area (Å²) in [6.45, 7) is 3.08. The van der Waals surface area contributed by atoms with E-state index >= 15 is 0 Å². The summed E-state index contributed by atoms with van der Waals surface area (Å²) in [5.74, 6) is -1.13. The molecule has 0 aliphatic rings. The van der Waals surface area contributed by atoms with Crippen LogP contribution in [0.25, 0.3) is 0 Å². The van der Waals surface area contributed by atoms with Crippen LogP contribution in [0.3, 0.4) is 0 Å². The second-order valence-electron chi connectivity index (χ2n) is 3.81. The number of rotatable bonds is 5. The topological polar surface area (TPSA) is 118 Å². The molecule has 0 radical (unpaired) electrons. The molecule has 0 aromatic rings. The van der Waals surface area contributed by atoms with E-state index in [1.807, 2.05) is 0 Å². The summed E-state index contributed by atoms with van der Waals surface area (Å²) < 4.78 is 0. The molecular formula is C8H17N3O3. The van der Waals surface area contributed by atoms with E-state index in [9.17, 15) is 9.59 Å². The van der Waals surface area contributed by atoms with Gasteiger partial charge in [0.2, 0.25) is 11.8 Å². The molecule has 0 bridgehead atoms. The Morgan fingerprint density at radius 3 is 2.36 bits per heavy atom. The molecule has 0 rings (SSSR count). The molecule has 0 saturated heterocycles. The van der Waals surface area contributed by atoms with Crippen molar-refractivity contribution in [2.75, 3.05) is 6.61 Å². The molecule has 0 aromatic carbocycles. The summed E-state index contributed by atoms with van der Waals surface area (Å²) in [5, 5.41) is 11.3. The van der Waals surface area contributed by atoms with Gasteiger partial charge >= 0.3 is 0 Å². The van der Waals surface area contributed by atoms with E-state index in [2.05, 4.69) is 5.32 Å². The molecule has 0 aliphatic heterocycles. The fourth-order valence-corrected chi connectivity index (χ4v) is 0.775. The fourth-order valence-electron chi connectivity index (χ4n) is 0.775. The summed E-state index contributed by atoms with van der Waals surface area (Å²) in [7, 11) is 0. The summed E-state index contributed by atoms with van der Waals surface area (Å²) >= 11 is 0. The average Bonchev–Trinajstić information content (AvgIpc) is 2.02. The first-order chi connectivity index (χ1) is 6.28. The zero-order chi connectivity index (χ0) is 11.4. The molecule has 6 N–H and O–H groups in total. The lowest BCUT2D eigenvalue weighted by molar-refractivity contribution is -0.127. The monoisotopic (exact) mass is 203 g/mol. The zero-order valence-electron chi connectivity index (χ0n) is 8.41. The van der Waals surface area contributed by atoms with Gasteiger partial charge in [-0.2, -0.15) is 0 Å². The van der Waals surface area contributed by atoms with Gasteiger partial charge in [0.15, 0.2) is 0 Å². The number of carbonyl (C=O) groups excluding carboxylic acids is 2. The van der Waals surface area contributed by atoms with E-state index in [0.717, 1.165) is 0 Å². The van der Waals surface area contributed by atoms with Crippen LogP contribution in [0, 0.1) is 0 Å². The van der Waals surface area contributed by atoms with Crippen LogP contribution in [0.15, 0.2) is 0 Å². The quantitative estimate of drug-likeness (QED) is 0.416. The lowest BCUT2D eigenvalue weighted by atomic mass is 10.1. The normalized spacial score (nSPS) is 13.4. The Bertz CT molecular complexity index is 228. The summed E-state index contributed by atoms with van der Waals surface area (Å²) in [5.41, 5.74) is 9.52. The van der Waals surface area contributed by atoms with Gasteiger partial charge in [-0.15, -0.1) is 0 Å². The van der Waals surface area contributed by atoms with Gasteiger partial charge in [0.25, 0.3) is 0 Å². The zero-order valence-corrected chi connectivity index (χ0v) is 8.41. The summed E-state index contributed by atoms with van der Waals surface area (Å²) in [6, 6.07) is -0.960. The van der Waals surface area contributed by atoms with Gasteiger partial charge in [-0.05, 0) is 13.8 Å². The third-order valence-corrected chi connectivity index (χ3v) is 1.61. The van der Waals surface area contributed by atoms with Crippen LogP contribution >= 0.6 is 0 Å². The molecule has 0 saturated carbocycles.